The third-order valence-electron chi connectivity index (χ3n) is 4.00. The highest BCUT2D eigenvalue weighted by atomic mass is 16.2. The number of carbonyl (C=O) groups is 2. The minimum absolute atomic E-state index is 0.0436. The smallest absolute Gasteiger partial charge is 0.245 e. The first-order valence-electron chi connectivity index (χ1n) is 7.67. The SMILES string of the molecule is CCC(CC)n1ccc(CN2CCC(=O)NC(C)C2=O)n1. The molecular formula is C15H24N4O2. The fourth-order valence-electron chi connectivity index (χ4n) is 2.68. The first-order valence-corrected chi connectivity index (χ1v) is 7.67. The van der Waals surface area contributed by atoms with Crippen molar-refractivity contribution in [3.63, 3.8) is 0 Å². The van der Waals surface area contributed by atoms with Gasteiger partial charge >= 0.3 is 0 Å². The number of amides is 2. The van der Waals surface area contributed by atoms with Crippen LogP contribution in [0.2, 0.25) is 0 Å². The molecule has 1 aromatic rings. The number of carbonyl (C=O) groups excluding carboxylic acids is 2. The maximum Gasteiger partial charge on any atom is 0.245 e. The number of rotatable bonds is 5. The summed E-state index contributed by atoms with van der Waals surface area (Å²) < 4.78 is 1.98. The summed E-state index contributed by atoms with van der Waals surface area (Å²) in [7, 11) is 0. The number of aromatic nitrogens is 2. The van der Waals surface area contributed by atoms with E-state index in [1.54, 1.807) is 11.8 Å². The zero-order valence-corrected chi connectivity index (χ0v) is 13.0. The molecule has 1 aromatic heterocycles. The topological polar surface area (TPSA) is 67.2 Å². The third kappa shape index (κ3) is 3.62. The predicted octanol–water partition coefficient (Wildman–Crippen LogP) is 1.48. The molecule has 116 valence electrons. The molecular weight excluding hydrogens is 268 g/mol. The van der Waals surface area contributed by atoms with Gasteiger partial charge in [-0.2, -0.15) is 5.10 Å². The van der Waals surface area contributed by atoms with Crippen molar-refractivity contribution in [1.82, 2.24) is 20.0 Å². The van der Waals surface area contributed by atoms with Gasteiger partial charge in [-0.25, -0.2) is 0 Å². The van der Waals surface area contributed by atoms with Gasteiger partial charge in [-0.15, -0.1) is 0 Å². The summed E-state index contributed by atoms with van der Waals surface area (Å²) in [5, 5.41) is 7.27. The van der Waals surface area contributed by atoms with Gasteiger partial charge in [-0.1, -0.05) is 13.8 Å². The van der Waals surface area contributed by atoms with Gasteiger partial charge in [0.05, 0.1) is 18.3 Å². The van der Waals surface area contributed by atoms with Crippen LogP contribution in [0.3, 0.4) is 0 Å². The van der Waals surface area contributed by atoms with Crippen molar-refractivity contribution in [2.45, 2.75) is 58.7 Å². The molecule has 0 radical (unpaired) electrons. The third-order valence-corrected chi connectivity index (χ3v) is 4.00. The monoisotopic (exact) mass is 292 g/mol. The number of hydrogen-bond acceptors (Lipinski definition) is 3. The second kappa shape index (κ2) is 6.74. The van der Waals surface area contributed by atoms with Gasteiger partial charge in [0.15, 0.2) is 0 Å². The summed E-state index contributed by atoms with van der Waals surface area (Å²) in [5.74, 6) is -0.112. The maximum atomic E-state index is 12.2. The van der Waals surface area contributed by atoms with Crippen LogP contribution >= 0.6 is 0 Å². The average molecular weight is 292 g/mol. The van der Waals surface area contributed by atoms with Gasteiger partial charge in [-0.05, 0) is 25.8 Å². The second-order valence-corrected chi connectivity index (χ2v) is 5.56. The predicted molar refractivity (Wildman–Crippen MR) is 79.5 cm³/mol. The van der Waals surface area contributed by atoms with Gasteiger partial charge in [0, 0.05) is 19.2 Å². The number of nitrogens with zero attached hydrogens (tertiary/aromatic N) is 3. The summed E-state index contributed by atoms with van der Waals surface area (Å²) in [6, 6.07) is 1.90. The van der Waals surface area contributed by atoms with Crippen molar-refractivity contribution in [2.24, 2.45) is 0 Å². The lowest BCUT2D eigenvalue weighted by molar-refractivity contribution is -0.133. The number of nitrogens with one attached hydrogen (secondary N) is 1. The molecule has 0 spiro atoms. The van der Waals surface area contributed by atoms with Crippen LogP contribution in [0.5, 0.6) is 0 Å². The fourth-order valence-corrected chi connectivity index (χ4v) is 2.68. The van der Waals surface area contributed by atoms with E-state index >= 15 is 0 Å². The van der Waals surface area contributed by atoms with Crippen molar-refractivity contribution < 1.29 is 9.59 Å². The lowest BCUT2D eigenvalue weighted by Gasteiger charge is -2.21. The zero-order chi connectivity index (χ0) is 15.4. The highest BCUT2D eigenvalue weighted by molar-refractivity contribution is 5.89. The highest BCUT2D eigenvalue weighted by Gasteiger charge is 2.26. The molecule has 1 fully saturated rings. The van der Waals surface area contributed by atoms with Crippen molar-refractivity contribution in [1.29, 1.82) is 0 Å². The van der Waals surface area contributed by atoms with Gasteiger partial charge in [-0.3, -0.25) is 14.3 Å². The van der Waals surface area contributed by atoms with Gasteiger partial charge < -0.3 is 10.2 Å². The van der Waals surface area contributed by atoms with Crippen molar-refractivity contribution >= 4 is 11.8 Å². The van der Waals surface area contributed by atoms with Crippen molar-refractivity contribution in [3.8, 4) is 0 Å². The van der Waals surface area contributed by atoms with Crippen molar-refractivity contribution in [2.75, 3.05) is 6.54 Å². The Morgan fingerprint density at radius 1 is 1.38 bits per heavy atom. The molecule has 2 rings (SSSR count). The molecule has 0 aromatic carbocycles. The summed E-state index contributed by atoms with van der Waals surface area (Å²) in [6.45, 7) is 6.93. The standard InChI is InChI=1S/C15H24N4O2/c1-4-13(5-2)19-9-6-12(17-19)10-18-8-7-14(20)16-11(3)15(18)21/h6,9,11,13H,4-5,7-8,10H2,1-3H3,(H,16,20). The minimum Gasteiger partial charge on any atom is -0.345 e. The first-order chi connectivity index (χ1) is 10.0. The Morgan fingerprint density at radius 2 is 2.10 bits per heavy atom. The van der Waals surface area contributed by atoms with Crippen LogP contribution in [0, 0.1) is 0 Å². The minimum atomic E-state index is -0.457. The Kier molecular flexibility index (Phi) is 4.98. The molecule has 2 amide bonds. The Morgan fingerprint density at radius 3 is 2.76 bits per heavy atom. The second-order valence-electron chi connectivity index (χ2n) is 5.56. The van der Waals surface area contributed by atoms with Gasteiger partial charge in [0.1, 0.15) is 6.04 Å². The van der Waals surface area contributed by atoms with Gasteiger partial charge in [0.25, 0.3) is 0 Å². The van der Waals surface area contributed by atoms with E-state index in [4.69, 9.17) is 0 Å². The summed E-state index contributed by atoms with van der Waals surface area (Å²) >= 11 is 0. The van der Waals surface area contributed by atoms with Crippen LogP contribution in [-0.2, 0) is 16.1 Å². The number of hydrogen-bond donors (Lipinski definition) is 1. The van der Waals surface area contributed by atoms with Crippen LogP contribution in [0.15, 0.2) is 12.3 Å². The molecule has 1 aliphatic heterocycles. The first kappa shape index (κ1) is 15.5. The molecule has 1 N–H and O–H groups in total. The quantitative estimate of drug-likeness (QED) is 0.894. The highest BCUT2D eigenvalue weighted by Crippen LogP contribution is 2.16. The zero-order valence-electron chi connectivity index (χ0n) is 13.0. The molecule has 6 nitrogen and oxygen atoms in total. The van der Waals surface area contributed by atoms with Crippen LogP contribution in [0.4, 0.5) is 0 Å². The molecule has 0 saturated carbocycles. The Hall–Kier alpha value is -1.85. The molecule has 1 unspecified atom stereocenters. The van der Waals surface area contributed by atoms with E-state index in [0.29, 0.717) is 25.6 Å². The van der Waals surface area contributed by atoms with E-state index in [-0.39, 0.29) is 11.8 Å². The van der Waals surface area contributed by atoms with E-state index in [1.807, 2.05) is 16.9 Å². The Labute approximate surface area is 125 Å². The summed E-state index contributed by atoms with van der Waals surface area (Å²) in [5.41, 5.74) is 0.872. The Balaban J connectivity index is 2.06. The maximum absolute atomic E-state index is 12.2. The molecule has 1 atom stereocenters. The molecule has 0 aliphatic carbocycles. The van der Waals surface area contributed by atoms with Crippen LogP contribution in [0.25, 0.3) is 0 Å². The van der Waals surface area contributed by atoms with E-state index in [2.05, 4.69) is 24.3 Å². The molecule has 2 heterocycles. The average Bonchev–Trinajstić information content (AvgIpc) is 2.87. The lowest BCUT2D eigenvalue weighted by Crippen LogP contribution is -2.42. The fraction of sp³-hybridized carbons (Fsp3) is 0.667. The Bertz CT molecular complexity index is 508. The van der Waals surface area contributed by atoms with E-state index in [1.165, 1.54) is 0 Å². The van der Waals surface area contributed by atoms with Crippen LogP contribution < -0.4 is 5.32 Å². The summed E-state index contributed by atoms with van der Waals surface area (Å²) in [6.07, 6.45) is 4.40. The molecule has 1 saturated heterocycles. The molecule has 0 bridgehead atoms. The van der Waals surface area contributed by atoms with Crippen molar-refractivity contribution in [3.05, 3.63) is 18.0 Å². The van der Waals surface area contributed by atoms with E-state index < -0.39 is 6.04 Å². The lowest BCUT2D eigenvalue weighted by atomic mass is 10.2. The summed E-state index contributed by atoms with van der Waals surface area (Å²) in [4.78, 5) is 25.4. The van der Waals surface area contributed by atoms with E-state index in [9.17, 15) is 9.59 Å². The molecule has 21 heavy (non-hydrogen) atoms. The van der Waals surface area contributed by atoms with E-state index in [0.717, 1.165) is 18.5 Å². The normalized spacial score (nSPS) is 19.8. The van der Waals surface area contributed by atoms with Crippen LogP contribution in [0.1, 0.15) is 51.8 Å². The molecule has 6 heteroatoms. The van der Waals surface area contributed by atoms with Crippen LogP contribution in [-0.4, -0.2) is 39.1 Å². The molecule has 1 aliphatic rings. The van der Waals surface area contributed by atoms with Gasteiger partial charge in [0.2, 0.25) is 11.8 Å². The largest absolute Gasteiger partial charge is 0.345 e.